The third kappa shape index (κ3) is 6.60. The van der Waals surface area contributed by atoms with Gasteiger partial charge in [-0.05, 0) is 30.2 Å². The highest BCUT2D eigenvalue weighted by Gasteiger charge is 2.13. The average Bonchev–Trinajstić information content (AvgIpc) is 2.72. The molecule has 1 amide bonds. The van der Waals surface area contributed by atoms with Gasteiger partial charge in [-0.25, -0.2) is 9.59 Å². The van der Waals surface area contributed by atoms with Crippen molar-refractivity contribution in [2.24, 2.45) is 0 Å². The summed E-state index contributed by atoms with van der Waals surface area (Å²) in [5, 5.41) is 5.62. The van der Waals surface area contributed by atoms with Gasteiger partial charge in [0.15, 0.2) is 0 Å². The number of nitrogens with one attached hydrogen (secondary N) is 2. The molecule has 2 N–H and O–H groups in total. The van der Waals surface area contributed by atoms with Crippen molar-refractivity contribution in [1.82, 2.24) is 0 Å². The van der Waals surface area contributed by atoms with Crippen molar-refractivity contribution in [2.75, 3.05) is 24.9 Å². The van der Waals surface area contributed by atoms with E-state index in [1.54, 1.807) is 24.3 Å². The fourth-order valence-electron chi connectivity index (χ4n) is 2.39. The normalized spacial score (nSPS) is 10.7. The summed E-state index contributed by atoms with van der Waals surface area (Å²) < 4.78 is 9.18. The van der Waals surface area contributed by atoms with Crippen LogP contribution in [-0.4, -0.2) is 32.1 Å². The highest BCUT2D eigenvalue weighted by Crippen LogP contribution is 2.18. The van der Waals surface area contributed by atoms with Crippen molar-refractivity contribution in [1.29, 1.82) is 0 Å². The monoisotopic (exact) mass is 382 g/mol. The van der Waals surface area contributed by atoms with Gasteiger partial charge in [0.2, 0.25) is 5.91 Å². The summed E-state index contributed by atoms with van der Waals surface area (Å²) in [7, 11) is 2.41. The largest absolute Gasteiger partial charge is 0.466 e. The number of esters is 2. The van der Waals surface area contributed by atoms with E-state index in [0.29, 0.717) is 24.2 Å². The zero-order valence-corrected chi connectivity index (χ0v) is 15.7. The Hall–Kier alpha value is -3.61. The molecule has 28 heavy (non-hydrogen) atoms. The van der Waals surface area contributed by atoms with Crippen molar-refractivity contribution in [3.05, 3.63) is 71.9 Å². The van der Waals surface area contributed by atoms with Gasteiger partial charge in [-0.15, -0.1) is 0 Å². The second kappa shape index (κ2) is 10.5. The standard InChI is InChI=1S/C21H22N2O5/c1-27-20(25)14-18(21(26)28-2)22-16-9-6-10-17(13-16)23-19(24)12-11-15-7-4-3-5-8-15/h3-10,13-14,22H,11-12H2,1-2H3,(H,23,24)/b18-14+. The summed E-state index contributed by atoms with van der Waals surface area (Å²) in [4.78, 5) is 35.4. The molecule has 0 heterocycles. The highest BCUT2D eigenvalue weighted by atomic mass is 16.5. The molecule has 0 unspecified atom stereocenters. The second-order valence-electron chi connectivity index (χ2n) is 5.81. The van der Waals surface area contributed by atoms with Crippen molar-refractivity contribution < 1.29 is 23.9 Å². The van der Waals surface area contributed by atoms with E-state index in [1.807, 2.05) is 30.3 Å². The van der Waals surface area contributed by atoms with Gasteiger partial charge in [-0.1, -0.05) is 36.4 Å². The summed E-state index contributed by atoms with van der Waals surface area (Å²) in [5.41, 5.74) is 2.07. The minimum atomic E-state index is -0.720. The van der Waals surface area contributed by atoms with E-state index in [1.165, 1.54) is 14.2 Å². The number of carbonyl (C=O) groups excluding carboxylic acids is 3. The molecule has 0 aromatic heterocycles. The van der Waals surface area contributed by atoms with Gasteiger partial charge in [0.1, 0.15) is 5.70 Å². The molecule has 0 spiro atoms. The van der Waals surface area contributed by atoms with Gasteiger partial charge in [-0.3, -0.25) is 4.79 Å². The molecule has 146 valence electrons. The van der Waals surface area contributed by atoms with Gasteiger partial charge in [-0.2, -0.15) is 0 Å². The van der Waals surface area contributed by atoms with Crippen LogP contribution in [-0.2, 0) is 30.3 Å². The Morgan fingerprint density at radius 3 is 2.21 bits per heavy atom. The number of aryl methyl sites for hydroxylation is 1. The summed E-state index contributed by atoms with van der Waals surface area (Å²) in [6, 6.07) is 16.5. The average molecular weight is 382 g/mol. The van der Waals surface area contributed by atoms with E-state index in [-0.39, 0.29) is 11.6 Å². The number of ether oxygens (including phenoxy) is 2. The molecule has 2 aromatic rings. The molecule has 0 bridgehead atoms. The number of anilines is 2. The minimum Gasteiger partial charge on any atom is -0.466 e. The van der Waals surface area contributed by atoms with E-state index < -0.39 is 11.9 Å². The molecule has 7 nitrogen and oxygen atoms in total. The van der Waals surface area contributed by atoms with Gasteiger partial charge in [0.25, 0.3) is 0 Å². The van der Waals surface area contributed by atoms with Crippen molar-refractivity contribution in [2.45, 2.75) is 12.8 Å². The lowest BCUT2D eigenvalue weighted by molar-refractivity contribution is -0.138. The van der Waals surface area contributed by atoms with Crippen LogP contribution < -0.4 is 10.6 Å². The predicted molar refractivity (Wildman–Crippen MR) is 106 cm³/mol. The van der Waals surface area contributed by atoms with Crippen LogP contribution in [0.4, 0.5) is 11.4 Å². The van der Waals surface area contributed by atoms with Crippen LogP contribution in [0, 0.1) is 0 Å². The van der Waals surface area contributed by atoms with E-state index in [0.717, 1.165) is 11.6 Å². The van der Waals surface area contributed by atoms with E-state index in [9.17, 15) is 14.4 Å². The zero-order chi connectivity index (χ0) is 20.4. The Morgan fingerprint density at radius 2 is 1.57 bits per heavy atom. The third-order valence-electron chi connectivity index (χ3n) is 3.78. The Morgan fingerprint density at radius 1 is 0.893 bits per heavy atom. The quantitative estimate of drug-likeness (QED) is 0.539. The van der Waals surface area contributed by atoms with Gasteiger partial charge >= 0.3 is 11.9 Å². The van der Waals surface area contributed by atoms with E-state index in [2.05, 4.69) is 20.1 Å². The van der Waals surface area contributed by atoms with Crippen LogP contribution in [0.25, 0.3) is 0 Å². The van der Waals surface area contributed by atoms with Gasteiger partial charge in [0.05, 0.1) is 20.3 Å². The van der Waals surface area contributed by atoms with Crippen LogP contribution in [0.5, 0.6) is 0 Å². The molecule has 0 aliphatic carbocycles. The number of rotatable bonds is 8. The van der Waals surface area contributed by atoms with Gasteiger partial charge in [0, 0.05) is 17.8 Å². The summed E-state index contributed by atoms with van der Waals surface area (Å²) >= 11 is 0. The predicted octanol–water partition coefficient (Wildman–Crippen LogP) is 2.90. The Balaban J connectivity index is 2.02. The molecule has 2 aromatic carbocycles. The highest BCUT2D eigenvalue weighted by molar-refractivity contribution is 5.99. The molecule has 0 saturated heterocycles. The first-order valence-corrected chi connectivity index (χ1v) is 8.60. The smallest absolute Gasteiger partial charge is 0.354 e. The first-order valence-electron chi connectivity index (χ1n) is 8.60. The molecule has 0 aliphatic rings. The molecule has 2 rings (SSSR count). The molecule has 0 fully saturated rings. The maximum absolute atomic E-state index is 12.2. The van der Waals surface area contributed by atoms with Crippen molar-refractivity contribution >= 4 is 29.2 Å². The fraction of sp³-hybridized carbons (Fsp3) is 0.190. The molecular weight excluding hydrogens is 360 g/mol. The van der Waals surface area contributed by atoms with Crippen molar-refractivity contribution in [3.63, 3.8) is 0 Å². The van der Waals surface area contributed by atoms with E-state index in [4.69, 9.17) is 0 Å². The first kappa shape index (κ1) is 20.7. The van der Waals surface area contributed by atoms with Crippen LogP contribution in [0.1, 0.15) is 12.0 Å². The molecule has 0 saturated carbocycles. The Bertz CT molecular complexity index is 862. The molecule has 7 heteroatoms. The van der Waals surface area contributed by atoms with Crippen LogP contribution in [0.15, 0.2) is 66.4 Å². The summed E-state index contributed by atoms with van der Waals surface area (Å²) in [6.07, 6.45) is 1.98. The van der Waals surface area contributed by atoms with Crippen molar-refractivity contribution in [3.8, 4) is 0 Å². The molecular formula is C21H22N2O5. The minimum absolute atomic E-state index is 0.0816. The first-order chi connectivity index (χ1) is 13.5. The topological polar surface area (TPSA) is 93.7 Å². The summed E-state index contributed by atoms with van der Waals surface area (Å²) in [5.74, 6) is -1.54. The number of amides is 1. The third-order valence-corrected chi connectivity index (χ3v) is 3.78. The maximum atomic E-state index is 12.2. The molecule has 0 atom stereocenters. The summed E-state index contributed by atoms with van der Waals surface area (Å²) in [6.45, 7) is 0. The van der Waals surface area contributed by atoms with Crippen LogP contribution in [0.3, 0.4) is 0 Å². The van der Waals surface area contributed by atoms with Crippen LogP contribution >= 0.6 is 0 Å². The zero-order valence-electron chi connectivity index (χ0n) is 15.7. The lowest BCUT2D eigenvalue weighted by Gasteiger charge is -2.11. The maximum Gasteiger partial charge on any atom is 0.354 e. The number of hydrogen-bond donors (Lipinski definition) is 2. The van der Waals surface area contributed by atoms with Crippen LogP contribution in [0.2, 0.25) is 0 Å². The number of carbonyl (C=O) groups is 3. The number of benzene rings is 2. The van der Waals surface area contributed by atoms with E-state index >= 15 is 0 Å². The second-order valence-corrected chi connectivity index (χ2v) is 5.81. The number of methoxy groups -OCH3 is 2. The SMILES string of the molecule is COC(=O)/C=C(/Nc1cccc(NC(=O)CCc2ccccc2)c1)C(=O)OC. The fourth-order valence-corrected chi connectivity index (χ4v) is 2.39. The number of hydrogen-bond acceptors (Lipinski definition) is 6. The lowest BCUT2D eigenvalue weighted by atomic mass is 10.1. The lowest BCUT2D eigenvalue weighted by Crippen LogP contribution is -2.16. The molecule has 0 radical (unpaired) electrons. The van der Waals surface area contributed by atoms with Gasteiger partial charge < -0.3 is 20.1 Å². The molecule has 0 aliphatic heterocycles. The Kier molecular flexibility index (Phi) is 7.77. The Labute approximate surface area is 163 Å².